The Morgan fingerprint density at radius 3 is 2.75 bits per heavy atom. The molecule has 158 valence electrons. The van der Waals surface area contributed by atoms with Crippen LogP contribution in [0.5, 0.6) is 0 Å². The minimum Gasteiger partial charge on any atom is -0.374 e. The van der Waals surface area contributed by atoms with E-state index < -0.39 is 0 Å². The van der Waals surface area contributed by atoms with Gasteiger partial charge in [-0.2, -0.15) is 0 Å². The summed E-state index contributed by atoms with van der Waals surface area (Å²) in [5.74, 6) is 3.33. The number of hydrogen-bond donors (Lipinski definition) is 2. The summed E-state index contributed by atoms with van der Waals surface area (Å²) in [7, 11) is 1.98. The van der Waals surface area contributed by atoms with Crippen LogP contribution < -0.4 is 10.6 Å². The number of morpholine rings is 1. The quantitative estimate of drug-likeness (QED) is 0.541. The Balaban J connectivity index is 1.57. The molecule has 1 aliphatic heterocycles. The number of guanidine groups is 1. The van der Waals surface area contributed by atoms with E-state index in [-0.39, 0.29) is 6.10 Å². The molecular weight excluding hydrogens is 354 g/mol. The van der Waals surface area contributed by atoms with Crippen LogP contribution in [-0.2, 0) is 18.3 Å². The fraction of sp³-hybridized carbons (Fsp3) is 0.850. The van der Waals surface area contributed by atoms with E-state index in [4.69, 9.17) is 9.73 Å². The summed E-state index contributed by atoms with van der Waals surface area (Å²) in [6.45, 7) is 11.7. The molecule has 2 fully saturated rings. The number of nitrogens with one attached hydrogen (secondary N) is 2. The smallest absolute Gasteiger partial charge is 0.192 e. The highest BCUT2D eigenvalue weighted by Crippen LogP contribution is 2.17. The van der Waals surface area contributed by atoms with Crippen LogP contribution >= 0.6 is 0 Å². The van der Waals surface area contributed by atoms with Gasteiger partial charge in [0.2, 0.25) is 0 Å². The highest BCUT2D eigenvalue weighted by atomic mass is 16.5. The number of aliphatic imine (C=N–C) groups is 1. The lowest BCUT2D eigenvalue weighted by Gasteiger charge is -2.34. The van der Waals surface area contributed by atoms with Gasteiger partial charge in [-0.25, -0.2) is 4.99 Å². The molecule has 8 heteroatoms. The first-order chi connectivity index (χ1) is 13.5. The summed E-state index contributed by atoms with van der Waals surface area (Å²) in [5.41, 5.74) is 0. The van der Waals surface area contributed by atoms with Crippen LogP contribution in [0.15, 0.2) is 4.99 Å². The maximum Gasteiger partial charge on any atom is 0.192 e. The van der Waals surface area contributed by atoms with E-state index in [1.54, 1.807) is 0 Å². The third-order valence-electron chi connectivity index (χ3n) is 5.60. The molecule has 3 rings (SSSR count). The average molecular weight is 392 g/mol. The van der Waals surface area contributed by atoms with Gasteiger partial charge in [-0.15, -0.1) is 10.2 Å². The molecule has 2 N–H and O–H groups in total. The van der Waals surface area contributed by atoms with Crippen molar-refractivity contribution in [3.05, 3.63) is 11.6 Å². The largest absolute Gasteiger partial charge is 0.374 e. The molecule has 0 bridgehead atoms. The highest BCUT2D eigenvalue weighted by molar-refractivity contribution is 5.80. The SMILES string of the molecule is Cc1nnc(CN=C(NCC2CN(CC(C)C)CCO2)NC2CCCC2)n1C. The standard InChI is InChI=1S/C20H37N7O/c1-15(2)13-27-9-10-28-18(14-27)11-21-20(23-17-7-5-6-8-17)22-12-19-25-24-16(3)26(19)4/h15,17-18H,5-14H2,1-4H3,(H2,21,22,23). The topological polar surface area (TPSA) is 79.6 Å². The lowest BCUT2D eigenvalue weighted by molar-refractivity contribution is -0.0284. The molecule has 1 aromatic rings. The average Bonchev–Trinajstić information content (AvgIpc) is 3.28. The van der Waals surface area contributed by atoms with Crippen molar-refractivity contribution in [1.82, 2.24) is 30.3 Å². The minimum atomic E-state index is 0.195. The molecule has 28 heavy (non-hydrogen) atoms. The molecule has 1 atom stereocenters. The molecule has 1 aliphatic carbocycles. The molecule has 1 unspecified atom stereocenters. The van der Waals surface area contributed by atoms with Gasteiger partial charge >= 0.3 is 0 Å². The number of aryl methyl sites for hydroxylation is 1. The zero-order valence-electron chi connectivity index (χ0n) is 17.9. The Morgan fingerprint density at radius 1 is 1.29 bits per heavy atom. The van der Waals surface area contributed by atoms with Crippen LogP contribution in [0.2, 0.25) is 0 Å². The lowest BCUT2D eigenvalue weighted by Crippen LogP contribution is -2.51. The van der Waals surface area contributed by atoms with E-state index in [1.165, 1.54) is 25.7 Å². The summed E-state index contributed by atoms with van der Waals surface area (Å²) in [5, 5.41) is 15.5. The molecular formula is C20H37N7O. The van der Waals surface area contributed by atoms with Gasteiger partial charge in [0.05, 0.1) is 12.7 Å². The van der Waals surface area contributed by atoms with Crippen molar-refractivity contribution in [2.45, 2.75) is 65.1 Å². The lowest BCUT2D eigenvalue weighted by atomic mass is 10.2. The summed E-state index contributed by atoms with van der Waals surface area (Å²) in [6, 6.07) is 0.511. The van der Waals surface area contributed by atoms with E-state index >= 15 is 0 Å². The number of hydrogen-bond acceptors (Lipinski definition) is 5. The van der Waals surface area contributed by atoms with Crippen molar-refractivity contribution in [3.63, 3.8) is 0 Å². The first-order valence-corrected chi connectivity index (χ1v) is 10.7. The van der Waals surface area contributed by atoms with Crippen LogP contribution in [0, 0.1) is 12.8 Å². The molecule has 8 nitrogen and oxygen atoms in total. The third kappa shape index (κ3) is 6.17. The van der Waals surface area contributed by atoms with Crippen molar-refractivity contribution >= 4 is 5.96 Å². The number of aromatic nitrogens is 3. The van der Waals surface area contributed by atoms with Gasteiger partial charge in [0.1, 0.15) is 12.4 Å². The second-order valence-electron chi connectivity index (χ2n) is 8.54. The molecule has 0 spiro atoms. The fourth-order valence-electron chi connectivity index (χ4n) is 3.95. The summed E-state index contributed by atoms with van der Waals surface area (Å²) >= 11 is 0. The Hall–Kier alpha value is -1.67. The van der Waals surface area contributed by atoms with Gasteiger partial charge in [-0.05, 0) is 25.7 Å². The Morgan fingerprint density at radius 2 is 2.07 bits per heavy atom. The van der Waals surface area contributed by atoms with E-state index in [0.717, 1.165) is 50.4 Å². The maximum absolute atomic E-state index is 5.98. The molecule has 0 radical (unpaired) electrons. The molecule has 2 heterocycles. The highest BCUT2D eigenvalue weighted by Gasteiger charge is 2.22. The molecule has 1 aromatic heterocycles. The van der Waals surface area contributed by atoms with E-state index in [2.05, 4.69) is 39.6 Å². The van der Waals surface area contributed by atoms with Crippen molar-refractivity contribution in [2.24, 2.45) is 18.0 Å². The monoisotopic (exact) mass is 391 g/mol. The first-order valence-electron chi connectivity index (χ1n) is 10.7. The second-order valence-corrected chi connectivity index (χ2v) is 8.54. The van der Waals surface area contributed by atoms with Crippen LogP contribution in [0.3, 0.4) is 0 Å². The molecule has 0 aromatic carbocycles. The van der Waals surface area contributed by atoms with Crippen LogP contribution in [-0.4, -0.2) is 70.6 Å². The molecule has 2 aliphatic rings. The first kappa shape index (κ1) is 21.0. The van der Waals surface area contributed by atoms with Gasteiger partial charge < -0.3 is 19.9 Å². The number of nitrogens with zero attached hydrogens (tertiary/aromatic N) is 5. The van der Waals surface area contributed by atoms with E-state index in [0.29, 0.717) is 18.5 Å². The van der Waals surface area contributed by atoms with Crippen molar-refractivity contribution in [1.29, 1.82) is 0 Å². The zero-order valence-corrected chi connectivity index (χ0v) is 17.9. The Labute approximate surface area is 169 Å². The van der Waals surface area contributed by atoms with E-state index in [9.17, 15) is 0 Å². The van der Waals surface area contributed by atoms with Gasteiger partial charge in [-0.1, -0.05) is 26.7 Å². The van der Waals surface area contributed by atoms with Crippen molar-refractivity contribution < 1.29 is 4.74 Å². The van der Waals surface area contributed by atoms with Gasteiger partial charge in [0.25, 0.3) is 0 Å². The Kier molecular flexibility index (Phi) is 7.67. The molecule has 0 amide bonds. The Bertz CT molecular complexity index is 636. The number of ether oxygens (including phenoxy) is 1. The molecule has 1 saturated carbocycles. The summed E-state index contributed by atoms with van der Waals surface area (Å²) in [6.07, 6.45) is 5.21. The van der Waals surface area contributed by atoms with Crippen molar-refractivity contribution in [3.8, 4) is 0 Å². The van der Waals surface area contributed by atoms with Gasteiger partial charge in [0, 0.05) is 39.3 Å². The van der Waals surface area contributed by atoms with Crippen molar-refractivity contribution in [2.75, 3.05) is 32.8 Å². The fourth-order valence-corrected chi connectivity index (χ4v) is 3.95. The summed E-state index contributed by atoms with van der Waals surface area (Å²) in [4.78, 5) is 7.29. The predicted molar refractivity (Wildman–Crippen MR) is 111 cm³/mol. The summed E-state index contributed by atoms with van der Waals surface area (Å²) < 4.78 is 7.97. The van der Waals surface area contributed by atoms with Gasteiger partial charge in [0.15, 0.2) is 11.8 Å². The molecule has 1 saturated heterocycles. The minimum absolute atomic E-state index is 0.195. The van der Waals surface area contributed by atoms with E-state index in [1.807, 2.05) is 18.5 Å². The zero-order chi connectivity index (χ0) is 19.9. The predicted octanol–water partition coefficient (Wildman–Crippen LogP) is 1.46. The maximum atomic E-state index is 5.98. The second kappa shape index (κ2) is 10.2. The third-order valence-corrected chi connectivity index (χ3v) is 5.60. The normalized spacial score (nSPS) is 22.2. The number of rotatable bonds is 7. The van der Waals surface area contributed by atoms with Crippen LogP contribution in [0.1, 0.15) is 51.2 Å². The van der Waals surface area contributed by atoms with Crippen LogP contribution in [0.4, 0.5) is 0 Å². The van der Waals surface area contributed by atoms with Gasteiger partial charge in [-0.3, -0.25) is 4.90 Å². The van der Waals surface area contributed by atoms with Crippen LogP contribution in [0.25, 0.3) is 0 Å².